The number of nitrogens with zero attached hydrogens (tertiary/aromatic N) is 2. The normalized spacial score (nSPS) is 19.8. The molecule has 3 rings (SSSR count). The average molecular weight is 455 g/mol. The quantitative estimate of drug-likeness (QED) is 0.696. The highest BCUT2D eigenvalue weighted by atomic mass is 32.2. The number of nitrogens with one attached hydrogen (secondary N) is 1. The second kappa shape index (κ2) is 7.63. The van der Waals surface area contributed by atoms with Crippen molar-refractivity contribution in [3.8, 4) is 0 Å². The van der Waals surface area contributed by atoms with Gasteiger partial charge in [0, 0.05) is 18.3 Å². The minimum atomic E-state index is -5.53. The molecule has 0 saturated carbocycles. The molecule has 1 aromatic carbocycles. The van der Waals surface area contributed by atoms with Gasteiger partial charge in [0.05, 0.1) is 10.6 Å². The molecule has 2 heterocycles. The van der Waals surface area contributed by atoms with E-state index in [4.69, 9.17) is 0 Å². The molecule has 1 saturated heterocycles. The Morgan fingerprint density at radius 1 is 1.13 bits per heavy atom. The van der Waals surface area contributed by atoms with E-state index in [1.54, 1.807) is 19.2 Å². The van der Waals surface area contributed by atoms with Crippen molar-refractivity contribution in [1.82, 2.24) is 10.3 Å². The first-order chi connectivity index (χ1) is 14.3. The maximum Gasteiger partial charge on any atom is 0.501 e. The molecule has 0 bridgehead atoms. The second-order valence-electron chi connectivity index (χ2n) is 7.77. The highest BCUT2D eigenvalue weighted by Crippen LogP contribution is 2.33. The molecule has 1 fully saturated rings. The Hall–Kier alpha value is -2.95. The van der Waals surface area contributed by atoms with Crippen LogP contribution in [-0.4, -0.2) is 36.4 Å². The molecular formula is C20H20F3N3O4S. The van der Waals surface area contributed by atoms with Crippen molar-refractivity contribution >= 4 is 27.5 Å². The van der Waals surface area contributed by atoms with Crippen molar-refractivity contribution in [3.05, 3.63) is 53.9 Å². The van der Waals surface area contributed by atoms with Gasteiger partial charge in [-0.25, -0.2) is 18.1 Å². The van der Waals surface area contributed by atoms with Gasteiger partial charge in [0.15, 0.2) is 0 Å². The smallest absolute Gasteiger partial charge is 0.323 e. The summed E-state index contributed by atoms with van der Waals surface area (Å²) < 4.78 is 61.1. The SMILES string of the molecule is CC(C)c1cc(CC2(C)NC(=O)N(c3ccc(S(=O)(=O)C(F)(F)F)cc3)C2=O)ccn1. The molecule has 2 aromatic rings. The molecule has 31 heavy (non-hydrogen) atoms. The monoisotopic (exact) mass is 455 g/mol. The molecule has 1 aliphatic heterocycles. The van der Waals surface area contributed by atoms with Crippen molar-refractivity contribution in [2.45, 2.75) is 49.1 Å². The number of aromatic nitrogens is 1. The molecule has 0 aliphatic carbocycles. The number of amides is 3. The van der Waals surface area contributed by atoms with E-state index in [1.165, 1.54) is 0 Å². The number of urea groups is 1. The number of pyridine rings is 1. The highest BCUT2D eigenvalue weighted by molar-refractivity contribution is 7.92. The number of carbonyl (C=O) groups excluding carboxylic acids is 2. The fourth-order valence-corrected chi connectivity index (χ4v) is 4.04. The fraction of sp³-hybridized carbons (Fsp3) is 0.350. The molecule has 1 unspecified atom stereocenters. The third-order valence-electron chi connectivity index (χ3n) is 4.97. The van der Waals surface area contributed by atoms with Crippen LogP contribution in [-0.2, 0) is 21.1 Å². The Morgan fingerprint density at radius 2 is 1.74 bits per heavy atom. The van der Waals surface area contributed by atoms with Crippen LogP contribution >= 0.6 is 0 Å². The van der Waals surface area contributed by atoms with Crippen LogP contribution in [0, 0.1) is 0 Å². The summed E-state index contributed by atoms with van der Waals surface area (Å²) in [6.45, 7) is 5.49. The maximum atomic E-state index is 13.0. The van der Waals surface area contributed by atoms with E-state index in [-0.39, 0.29) is 18.0 Å². The predicted octanol–water partition coefficient (Wildman–Crippen LogP) is 3.56. The molecule has 11 heteroatoms. The topological polar surface area (TPSA) is 96.4 Å². The summed E-state index contributed by atoms with van der Waals surface area (Å²) in [5.41, 5.74) is -5.17. The highest BCUT2D eigenvalue weighted by Gasteiger charge is 2.49. The zero-order valence-electron chi connectivity index (χ0n) is 16.9. The van der Waals surface area contributed by atoms with Gasteiger partial charge < -0.3 is 5.32 Å². The van der Waals surface area contributed by atoms with Crippen LogP contribution < -0.4 is 10.2 Å². The Morgan fingerprint density at radius 3 is 2.29 bits per heavy atom. The van der Waals surface area contributed by atoms with Crippen LogP contribution in [0.3, 0.4) is 0 Å². The van der Waals surface area contributed by atoms with E-state index < -0.39 is 37.7 Å². The molecular weight excluding hydrogens is 435 g/mol. The zero-order chi connectivity index (χ0) is 23.2. The van der Waals surface area contributed by atoms with E-state index in [1.807, 2.05) is 19.9 Å². The number of hydrogen-bond acceptors (Lipinski definition) is 5. The van der Waals surface area contributed by atoms with E-state index >= 15 is 0 Å². The number of hydrogen-bond donors (Lipinski definition) is 1. The van der Waals surface area contributed by atoms with Crippen LogP contribution in [0.1, 0.15) is 37.9 Å². The minimum Gasteiger partial charge on any atom is -0.323 e. The molecule has 1 atom stereocenters. The summed E-state index contributed by atoms with van der Waals surface area (Å²) in [7, 11) is -5.53. The van der Waals surface area contributed by atoms with Crippen LogP contribution in [0.25, 0.3) is 0 Å². The number of alkyl halides is 3. The molecule has 7 nitrogen and oxygen atoms in total. The van der Waals surface area contributed by atoms with Crippen LogP contribution in [0.4, 0.5) is 23.7 Å². The van der Waals surface area contributed by atoms with Crippen molar-refractivity contribution in [2.24, 2.45) is 0 Å². The molecule has 166 valence electrons. The van der Waals surface area contributed by atoms with Crippen LogP contribution in [0.2, 0.25) is 0 Å². The number of benzene rings is 1. The van der Waals surface area contributed by atoms with Gasteiger partial charge in [-0.1, -0.05) is 13.8 Å². The van der Waals surface area contributed by atoms with Gasteiger partial charge in [0.2, 0.25) is 0 Å². The van der Waals surface area contributed by atoms with E-state index in [2.05, 4.69) is 10.3 Å². The Labute approximate surface area is 177 Å². The predicted molar refractivity (Wildman–Crippen MR) is 106 cm³/mol. The van der Waals surface area contributed by atoms with Gasteiger partial charge in [-0.15, -0.1) is 0 Å². The summed E-state index contributed by atoms with van der Waals surface area (Å²) >= 11 is 0. The number of imide groups is 1. The standard InChI is InChI=1S/C20H20F3N3O4S/c1-12(2)16-10-13(8-9-24-16)11-19(3)17(27)26(18(28)25-19)14-4-6-15(7-5-14)31(29,30)20(21,22)23/h4-10,12H,11H2,1-3H3,(H,25,28). The van der Waals surface area contributed by atoms with Crippen molar-refractivity contribution in [3.63, 3.8) is 0 Å². The summed E-state index contributed by atoms with van der Waals surface area (Å²) in [4.78, 5) is 29.6. The summed E-state index contributed by atoms with van der Waals surface area (Å²) in [6.07, 6.45) is 1.80. The second-order valence-corrected chi connectivity index (χ2v) is 9.71. The first-order valence-electron chi connectivity index (χ1n) is 9.29. The Balaban J connectivity index is 1.87. The number of anilines is 1. The third-order valence-corrected chi connectivity index (χ3v) is 6.47. The summed E-state index contributed by atoms with van der Waals surface area (Å²) in [5, 5.41) is 2.61. The largest absolute Gasteiger partial charge is 0.501 e. The molecule has 3 amide bonds. The van der Waals surface area contributed by atoms with Crippen molar-refractivity contribution in [2.75, 3.05) is 4.90 Å². The lowest BCUT2D eigenvalue weighted by Crippen LogP contribution is -2.46. The molecule has 1 N–H and O–H groups in total. The lowest BCUT2D eigenvalue weighted by Gasteiger charge is -2.22. The fourth-order valence-electron chi connectivity index (χ4n) is 3.28. The lowest BCUT2D eigenvalue weighted by atomic mass is 9.92. The van der Waals surface area contributed by atoms with Gasteiger partial charge in [-0.2, -0.15) is 13.2 Å². The average Bonchev–Trinajstić information content (AvgIpc) is 2.89. The van der Waals surface area contributed by atoms with Crippen LogP contribution in [0.15, 0.2) is 47.5 Å². The lowest BCUT2D eigenvalue weighted by molar-refractivity contribution is -0.121. The van der Waals surface area contributed by atoms with Gasteiger partial charge in [-0.3, -0.25) is 9.78 Å². The number of halogens is 3. The number of carbonyl (C=O) groups is 2. The van der Waals surface area contributed by atoms with E-state index in [0.717, 1.165) is 28.3 Å². The maximum absolute atomic E-state index is 13.0. The molecule has 1 aliphatic rings. The third kappa shape index (κ3) is 4.14. The first-order valence-corrected chi connectivity index (χ1v) is 10.8. The Bertz CT molecular complexity index is 1130. The van der Waals surface area contributed by atoms with Gasteiger partial charge in [0.1, 0.15) is 5.54 Å². The first kappa shape index (κ1) is 22.7. The zero-order valence-corrected chi connectivity index (χ0v) is 17.7. The van der Waals surface area contributed by atoms with Crippen molar-refractivity contribution < 1.29 is 31.2 Å². The molecule has 0 spiro atoms. The summed E-state index contributed by atoms with van der Waals surface area (Å²) in [5.74, 6) is -0.434. The molecule has 1 aromatic heterocycles. The Kier molecular flexibility index (Phi) is 5.59. The number of sulfone groups is 1. The summed E-state index contributed by atoms with van der Waals surface area (Å²) in [6, 6.07) is 6.23. The van der Waals surface area contributed by atoms with E-state index in [9.17, 15) is 31.2 Å². The number of rotatable bonds is 5. The van der Waals surface area contributed by atoms with Gasteiger partial charge >= 0.3 is 11.5 Å². The van der Waals surface area contributed by atoms with E-state index in [0.29, 0.717) is 12.1 Å². The van der Waals surface area contributed by atoms with Crippen LogP contribution in [0.5, 0.6) is 0 Å². The molecule has 0 radical (unpaired) electrons. The van der Waals surface area contributed by atoms with Crippen molar-refractivity contribution in [1.29, 1.82) is 0 Å². The van der Waals surface area contributed by atoms with Gasteiger partial charge in [0.25, 0.3) is 15.7 Å². The minimum absolute atomic E-state index is 0.0371. The van der Waals surface area contributed by atoms with Gasteiger partial charge in [-0.05, 0) is 54.8 Å².